The van der Waals surface area contributed by atoms with Gasteiger partial charge in [0.2, 0.25) is 0 Å². The molecule has 2 aromatic carbocycles. The third-order valence-corrected chi connectivity index (χ3v) is 6.52. The average molecular weight is 431 g/mol. The lowest BCUT2D eigenvalue weighted by Gasteiger charge is -2.08. The summed E-state index contributed by atoms with van der Waals surface area (Å²) in [5.74, 6) is 0.695. The van der Waals surface area contributed by atoms with Crippen LogP contribution in [0, 0.1) is 0 Å². The molecule has 1 heterocycles. The molecule has 30 heavy (non-hydrogen) atoms. The molecule has 0 aliphatic heterocycles. The first-order chi connectivity index (χ1) is 14.3. The Labute approximate surface area is 174 Å². The largest absolute Gasteiger partial charge is 0.497 e. The van der Waals surface area contributed by atoms with E-state index in [1.165, 1.54) is 38.5 Å². The number of carbonyl (C=O) groups excluding carboxylic acids is 1. The highest BCUT2D eigenvalue weighted by Crippen LogP contribution is 2.33. The molecule has 0 unspecified atom stereocenters. The number of carbonyl (C=O) groups is 1. The van der Waals surface area contributed by atoms with Gasteiger partial charge < -0.3 is 13.9 Å². The van der Waals surface area contributed by atoms with E-state index in [9.17, 15) is 13.2 Å². The molecule has 0 aliphatic rings. The zero-order valence-corrected chi connectivity index (χ0v) is 17.7. The molecule has 3 rings (SSSR count). The van der Waals surface area contributed by atoms with Crippen LogP contribution in [0.25, 0.3) is 11.5 Å². The second-order valence-electron chi connectivity index (χ2n) is 6.55. The number of methoxy groups -OCH3 is 2. The molecule has 0 atom stereocenters. The van der Waals surface area contributed by atoms with Crippen LogP contribution in [0.4, 0.5) is 6.01 Å². The van der Waals surface area contributed by atoms with Crippen molar-refractivity contribution in [3.05, 3.63) is 48.0 Å². The minimum absolute atomic E-state index is 0.112. The average Bonchev–Trinajstić information content (AvgIpc) is 3.21. The molecule has 158 valence electrons. The van der Waals surface area contributed by atoms with Gasteiger partial charge in [-0.2, -0.15) is 0 Å². The fourth-order valence-electron chi connectivity index (χ4n) is 2.60. The molecular formula is C20H21N3O6S. The van der Waals surface area contributed by atoms with Crippen molar-refractivity contribution in [2.45, 2.75) is 24.0 Å². The molecule has 0 saturated heterocycles. The third kappa shape index (κ3) is 4.28. The van der Waals surface area contributed by atoms with Gasteiger partial charge in [0.15, 0.2) is 9.84 Å². The van der Waals surface area contributed by atoms with Gasteiger partial charge in [0.05, 0.1) is 29.9 Å². The lowest BCUT2D eigenvalue weighted by atomic mass is 10.2. The van der Waals surface area contributed by atoms with Crippen molar-refractivity contribution >= 4 is 21.8 Å². The predicted molar refractivity (Wildman–Crippen MR) is 110 cm³/mol. The Balaban J connectivity index is 1.79. The van der Waals surface area contributed by atoms with E-state index in [-0.39, 0.29) is 22.4 Å². The summed E-state index contributed by atoms with van der Waals surface area (Å²) >= 11 is 0. The van der Waals surface area contributed by atoms with Gasteiger partial charge in [0.1, 0.15) is 11.5 Å². The van der Waals surface area contributed by atoms with Crippen molar-refractivity contribution in [1.82, 2.24) is 10.2 Å². The topological polar surface area (TPSA) is 121 Å². The van der Waals surface area contributed by atoms with Crippen LogP contribution in [-0.2, 0) is 9.84 Å². The first-order valence-electron chi connectivity index (χ1n) is 8.97. The second-order valence-corrected chi connectivity index (χ2v) is 9.06. The van der Waals surface area contributed by atoms with E-state index < -0.39 is 21.0 Å². The van der Waals surface area contributed by atoms with Gasteiger partial charge in [-0.05, 0) is 56.3 Å². The quantitative estimate of drug-likeness (QED) is 0.605. The van der Waals surface area contributed by atoms with E-state index in [1.54, 1.807) is 32.0 Å². The van der Waals surface area contributed by atoms with Crippen molar-refractivity contribution < 1.29 is 27.1 Å². The Morgan fingerprint density at radius 2 is 1.73 bits per heavy atom. The molecule has 0 fully saturated rings. The van der Waals surface area contributed by atoms with Gasteiger partial charge in [-0.3, -0.25) is 10.1 Å². The second kappa shape index (κ2) is 8.54. The highest BCUT2D eigenvalue weighted by molar-refractivity contribution is 7.92. The Bertz CT molecular complexity index is 1150. The summed E-state index contributed by atoms with van der Waals surface area (Å²) in [6.07, 6.45) is 0. The monoisotopic (exact) mass is 431 g/mol. The summed E-state index contributed by atoms with van der Waals surface area (Å²) in [6.45, 7) is 3.20. The molecule has 0 radical (unpaired) electrons. The number of benzene rings is 2. The van der Waals surface area contributed by atoms with Crippen LogP contribution in [0.3, 0.4) is 0 Å². The third-order valence-electron chi connectivity index (χ3n) is 4.35. The molecule has 1 aromatic heterocycles. The number of ether oxygens (including phenoxy) is 2. The summed E-state index contributed by atoms with van der Waals surface area (Å²) < 4.78 is 40.4. The molecule has 10 heteroatoms. The minimum atomic E-state index is -3.41. The summed E-state index contributed by atoms with van der Waals surface area (Å²) in [5, 5.41) is 9.71. The fourth-order valence-corrected chi connectivity index (χ4v) is 3.66. The molecule has 0 saturated carbocycles. The summed E-state index contributed by atoms with van der Waals surface area (Å²) in [6, 6.07) is 10.6. The SMILES string of the molecule is COc1ccc(OC)c(-c2nnc(NC(=O)c3ccc(S(=O)(=O)C(C)C)cc3)o2)c1. The number of nitrogens with zero attached hydrogens (tertiary/aromatic N) is 2. The first kappa shape index (κ1) is 21.3. The molecule has 0 spiro atoms. The van der Waals surface area contributed by atoms with Gasteiger partial charge in [0.25, 0.3) is 11.8 Å². The Hall–Kier alpha value is -3.40. The predicted octanol–water partition coefficient (Wildman–Crippen LogP) is 3.19. The van der Waals surface area contributed by atoms with Crippen LogP contribution in [0.15, 0.2) is 51.8 Å². The Morgan fingerprint density at radius 3 is 2.33 bits per heavy atom. The minimum Gasteiger partial charge on any atom is -0.497 e. The van der Waals surface area contributed by atoms with E-state index in [0.717, 1.165) is 0 Å². The van der Waals surface area contributed by atoms with Crippen molar-refractivity contribution in [2.24, 2.45) is 0 Å². The maximum atomic E-state index is 12.4. The number of rotatable bonds is 7. The van der Waals surface area contributed by atoms with E-state index in [2.05, 4.69) is 15.5 Å². The van der Waals surface area contributed by atoms with Crippen LogP contribution in [0.1, 0.15) is 24.2 Å². The van der Waals surface area contributed by atoms with Crippen LogP contribution >= 0.6 is 0 Å². The lowest BCUT2D eigenvalue weighted by Crippen LogP contribution is -2.15. The zero-order chi connectivity index (χ0) is 21.9. The van der Waals surface area contributed by atoms with Crippen LogP contribution in [0.5, 0.6) is 11.5 Å². The standard InChI is InChI=1S/C20H21N3O6S/c1-12(2)30(25,26)15-8-5-13(6-9-15)18(24)21-20-23-22-19(29-20)16-11-14(27-3)7-10-17(16)28-4/h5-12H,1-4H3,(H,21,23,24). The summed E-state index contributed by atoms with van der Waals surface area (Å²) in [4.78, 5) is 12.6. The maximum absolute atomic E-state index is 12.4. The van der Waals surface area contributed by atoms with Crippen LogP contribution < -0.4 is 14.8 Å². The highest BCUT2D eigenvalue weighted by Gasteiger charge is 2.20. The van der Waals surface area contributed by atoms with Gasteiger partial charge >= 0.3 is 6.01 Å². The highest BCUT2D eigenvalue weighted by atomic mass is 32.2. The van der Waals surface area contributed by atoms with Crippen LogP contribution in [-0.4, -0.2) is 44.0 Å². The normalized spacial score (nSPS) is 11.4. The maximum Gasteiger partial charge on any atom is 0.322 e. The Kier molecular flexibility index (Phi) is 6.06. The zero-order valence-electron chi connectivity index (χ0n) is 16.9. The molecule has 3 aromatic rings. The molecule has 0 aliphatic carbocycles. The van der Waals surface area contributed by atoms with Gasteiger partial charge in [0, 0.05) is 5.56 Å². The molecular weight excluding hydrogens is 410 g/mol. The van der Waals surface area contributed by atoms with Gasteiger partial charge in [-0.1, -0.05) is 5.10 Å². The van der Waals surface area contributed by atoms with E-state index in [4.69, 9.17) is 13.9 Å². The molecule has 1 amide bonds. The number of amides is 1. The van der Waals surface area contributed by atoms with Gasteiger partial charge in [-0.15, -0.1) is 5.10 Å². The molecule has 1 N–H and O–H groups in total. The number of sulfone groups is 1. The summed E-state index contributed by atoms with van der Waals surface area (Å²) in [5.41, 5.74) is 0.754. The van der Waals surface area contributed by atoms with E-state index in [0.29, 0.717) is 17.1 Å². The number of nitrogens with one attached hydrogen (secondary N) is 1. The van der Waals surface area contributed by atoms with Gasteiger partial charge in [-0.25, -0.2) is 8.42 Å². The fraction of sp³-hybridized carbons (Fsp3) is 0.250. The molecule has 0 bridgehead atoms. The summed E-state index contributed by atoms with van der Waals surface area (Å²) in [7, 11) is -0.375. The number of hydrogen-bond donors (Lipinski definition) is 1. The van der Waals surface area contributed by atoms with Crippen molar-refractivity contribution in [1.29, 1.82) is 0 Å². The Morgan fingerprint density at radius 1 is 1.03 bits per heavy atom. The number of hydrogen-bond acceptors (Lipinski definition) is 8. The first-order valence-corrected chi connectivity index (χ1v) is 10.5. The van der Waals surface area contributed by atoms with Crippen molar-refractivity contribution in [3.63, 3.8) is 0 Å². The molecule has 9 nitrogen and oxygen atoms in total. The van der Waals surface area contributed by atoms with Crippen LogP contribution in [0.2, 0.25) is 0 Å². The van der Waals surface area contributed by atoms with E-state index >= 15 is 0 Å². The van der Waals surface area contributed by atoms with E-state index in [1.807, 2.05) is 0 Å². The number of anilines is 1. The lowest BCUT2D eigenvalue weighted by molar-refractivity contribution is 0.102. The van der Waals surface area contributed by atoms with Crippen molar-refractivity contribution in [2.75, 3.05) is 19.5 Å². The smallest absolute Gasteiger partial charge is 0.322 e. The van der Waals surface area contributed by atoms with Crippen molar-refractivity contribution in [3.8, 4) is 23.0 Å². The number of aromatic nitrogens is 2.